The number of ether oxygens (including phenoxy) is 1. The molecule has 0 aromatic heterocycles. The Hall–Kier alpha value is -1.93. The molecule has 1 saturated carbocycles. The highest BCUT2D eigenvalue weighted by Crippen LogP contribution is 2.25. The van der Waals surface area contributed by atoms with Gasteiger partial charge in [-0.25, -0.2) is 5.48 Å². The summed E-state index contributed by atoms with van der Waals surface area (Å²) in [6, 6.07) is -1.08. The maximum atomic E-state index is 12.3. The van der Waals surface area contributed by atoms with E-state index in [1.165, 1.54) is 11.6 Å². The number of hydrogen-bond donors (Lipinski definition) is 4. The maximum absolute atomic E-state index is 12.3. The van der Waals surface area contributed by atoms with Gasteiger partial charge in [-0.3, -0.25) is 24.9 Å². The van der Waals surface area contributed by atoms with Crippen LogP contribution in [0.4, 0.5) is 0 Å². The summed E-state index contributed by atoms with van der Waals surface area (Å²) in [4.78, 5) is 35.3. The van der Waals surface area contributed by atoms with Crippen LogP contribution in [0.1, 0.15) is 32.6 Å². The molecule has 2 amide bonds. The van der Waals surface area contributed by atoms with Crippen molar-refractivity contribution in [1.29, 1.82) is 0 Å². The third kappa shape index (κ3) is 5.99. The Bertz CT molecular complexity index is 441. The number of nitrogens with one attached hydrogen (secondary N) is 3. The smallest absolute Gasteiger partial charge is 0.311 e. The van der Waals surface area contributed by atoms with Crippen molar-refractivity contribution in [2.45, 2.75) is 44.7 Å². The average molecular weight is 327 g/mol. The van der Waals surface area contributed by atoms with Crippen LogP contribution in [-0.4, -0.2) is 48.2 Å². The van der Waals surface area contributed by atoms with Crippen molar-refractivity contribution < 1.29 is 24.3 Å². The molecule has 8 nitrogen and oxygen atoms in total. The van der Waals surface area contributed by atoms with Crippen LogP contribution in [0.25, 0.3) is 0 Å². The zero-order valence-corrected chi connectivity index (χ0v) is 13.3. The van der Waals surface area contributed by atoms with Crippen LogP contribution in [0.3, 0.4) is 0 Å². The molecule has 1 aliphatic carbocycles. The summed E-state index contributed by atoms with van der Waals surface area (Å²) in [5.41, 5.74) is 1.47. The van der Waals surface area contributed by atoms with E-state index in [1.807, 2.05) is 0 Å². The monoisotopic (exact) mass is 327 g/mol. The van der Waals surface area contributed by atoms with E-state index in [0.717, 1.165) is 12.8 Å². The van der Waals surface area contributed by atoms with Crippen LogP contribution in [-0.2, 0) is 19.1 Å². The first-order chi connectivity index (χ1) is 11.0. The van der Waals surface area contributed by atoms with Crippen LogP contribution in [0.5, 0.6) is 0 Å². The Morgan fingerprint density at radius 1 is 1.35 bits per heavy atom. The molecule has 0 spiro atoms. The van der Waals surface area contributed by atoms with Gasteiger partial charge in [0.15, 0.2) is 0 Å². The summed E-state index contributed by atoms with van der Waals surface area (Å²) in [6.07, 6.45) is 4.61. The van der Waals surface area contributed by atoms with E-state index in [2.05, 4.69) is 17.2 Å². The summed E-state index contributed by atoms with van der Waals surface area (Å²) < 4.78 is 5.07. The maximum Gasteiger partial charge on any atom is 0.311 e. The molecule has 23 heavy (non-hydrogen) atoms. The second-order valence-electron chi connectivity index (χ2n) is 5.39. The van der Waals surface area contributed by atoms with Crippen molar-refractivity contribution in [2.75, 3.05) is 13.2 Å². The standard InChI is InChI=1S/C15H25N3O5/c1-3-11(16-9-13(19)18-22)14(20)17-12-8-6-5-7-10(12)15(21)23-4-2/h3,10-12,16,22H,1,4-9H2,2H3,(H,17,20)(H,18,19). The molecule has 0 aliphatic heterocycles. The first kappa shape index (κ1) is 19.1. The first-order valence-corrected chi connectivity index (χ1v) is 7.79. The van der Waals surface area contributed by atoms with Crippen LogP contribution in [0.15, 0.2) is 12.7 Å². The number of esters is 1. The zero-order valence-electron chi connectivity index (χ0n) is 13.3. The Kier molecular flexibility index (Phi) is 8.28. The molecule has 130 valence electrons. The van der Waals surface area contributed by atoms with Crippen molar-refractivity contribution in [2.24, 2.45) is 5.92 Å². The van der Waals surface area contributed by atoms with Gasteiger partial charge in [0.2, 0.25) is 5.91 Å². The number of carbonyl (C=O) groups excluding carboxylic acids is 3. The number of carbonyl (C=O) groups is 3. The average Bonchev–Trinajstić information content (AvgIpc) is 2.55. The van der Waals surface area contributed by atoms with Gasteiger partial charge in [-0.2, -0.15) is 0 Å². The van der Waals surface area contributed by atoms with Gasteiger partial charge in [-0.1, -0.05) is 18.9 Å². The van der Waals surface area contributed by atoms with Crippen molar-refractivity contribution in [3.8, 4) is 0 Å². The minimum Gasteiger partial charge on any atom is -0.466 e. The highest BCUT2D eigenvalue weighted by Gasteiger charge is 2.33. The highest BCUT2D eigenvalue weighted by molar-refractivity contribution is 5.86. The topological polar surface area (TPSA) is 117 Å². The Morgan fingerprint density at radius 3 is 2.65 bits per heavy atom. The lowest BCUT2D eigenvalue weighted by molar-refractivity contribution is -0.150. The SMILES string of the molecule is C=CC(NCC(=O)NO)C(=O)NC1CCCCC1C(=O)OCC. The molecule has 8 heteroatoms. The molecule has 0 aromatic rings. The van der Waals surface area contributed by atoms with Crippen molar-refractivity contribution in [3.63, 3.8) is 0 Å². The predicted octanol–water partition coefficient (Wildman–Crippen LogP) is -0.126. The van der Waals surface area contributed by atoms with Gasteiger partial charge in [0, 0.05) is 6.04 Å². The number of hydrogen-bond acceptors (Lipinski definition) is 6. The molecule has 0 heterocycles. The van der Waals surface area contributed by atoms with Crippen LogP contribution >= 0.6 is 0 Å². The van der Waals surface area contributed by atoms with E-state index in [1.54, 1.807) is 6.92 Å². The van der Waals surface area contributed by atoms with Crippen molar-refractivity contribution in [1.82, 2.24) is 16.1 Å². The molecule has 4 N–H and O–H groups in total. The normalized spacial score (nSPS) is 21.8. The van der Waals surface area contributed by atoms with Crippen molar-refractivity contribution in [3.05, 3.63) is 12.7 Å². The zero-order chi connectivity index (χ0) is 17.2. The molecule has 1 fully saturated rings. The molecule has 0 saturated heterocycles. The van der Waals surface area contributed by atoms with Gasteiger partial charge in [-0.15, -0.1) is 6.58 Å². The fourth-order valence-electron chi connectivity index (χ4n) is 2.63. The summed E-state index contributed by atoms with van der Waals surface area (Å²) >= 11 is 0. The third-order valence-electron chi connectivity index (χ3n) is 3.81. The van der Waals surface area contributed by atoms with E-state index in [0.29, 0.717) is 19.4 Å². The first-order valence-electron chi connectivity index (χ1n) is 7.79. The minimum atomic E-state index is -0.794. The summed E-state index contributed by atoms with van der Waals surface area (Å²) in [7, 11) is 0. The van der Waals surface area contributed by atoms with E-state index in [4.69, 9.17) is 9.94 Å². The minimum absolute atomic E-state index is 0.230. The lowest BCUT2D eigenvalue weighted by Crippen LogP contribution is -2.52. The van der Waals surface area contributed by atoms with Gasteiger partial charge < -0.3 is 10.1 Å². The number of rotatable bonds is 8. The van der Waals surface area contributed by atoms with Crippen molar-refractivity contribution >= 4 is 17.8 Å². The molecular weight excluding hydrogens is 302 g/mol. The van der Waals surface area contributed by atoms with Gasteiger partial charge >= 0.3 is 5.97 Å². The van der Waals surface area contributed by atoms with Crippen LogP contribution in [0.2, 0.25) is 0 Å². The summed E-state index contributed by atoms with van der Waals surface area (Å²) in [5, 5.41) is 13.9. The van der Waals surface area contributed by atoms with E-state index in [9.17, 15) is 14.4 Å². The second-order valence-corrected chi connectivity index (χ2v) is 5.39. The third-order valence-corrected chi connectivity index (χ3v) is 3.81. The summed E-state index contributed by atoms with van der Waals surface area (Å²) in [6.45, 7) is 5.38. The van der Waals surface area contributed by atoms with Gasteiger partial charge in [-0.05, 0) is 19.8 Å². The molecule has 0 radical (unpaired) electrons. The van der Waals surface area contributed by atoms with Gasteiger partial charge in [0.05, 0.1) is 19.1 Å². The lowest BCUT2D eigenvalue weighted by Gasteiger charge is -2.31. The van der Waals surface area contributed by atoms with E-state index >= 15 is 0 Å². The largest absolute Gasteiger partial charge is 0.466 e. The molecular formula is C15H25N3O5. The molecule has 0 bridgehead atoms. The molecule has 3 atom stereocenters. The van der Waals surface area contributed by atoms with Gasteiger partial charge in [0.25, 0.3) is 5.91 Å². The molecule has 1 rings (SSSR count). The van der Waals surface area contributed by atoms with E-state index < -0.39 is 11.9 Å². The fourth-order valence-corrected chi connectivity index (χ4v) is 2.63. The fraction of sp³-hybridized carbons (Fsp3) is 0.667. The lowest BCUT2D eigenvalue weighted by atomic mass is 9.84. The number of hydroxylamine groups is 1. The molecule has 1 aliphatic rings. The van der Waals surface area contributed by atoms with Crippen LogP contribution < -0.4 is 16.1 Å². The Labute approximate surface area is 135 Å². The Morgan fingerprint density at radius 2 is 2.04 bits per heavy atom. The molecule has 0 aromatic carbocycles. The highest BCUT2D eigenvalue weighted by atomic mass is 16.5. The number of amides is 2. The predicted molar refractivity (Wildman–Crippen MR) is 82.4 cm³/mol. The second kappa shape index (κ2) is 9.96. The Balaban J connectivity index is 2.62. The van der Waals surface area contributed by atoms with Crippen LogP contribution in [0, 0.1) is 5.92 Å². The van der Waals surface area contributed by atoms with Gasteiger partial charge in [0.1, 0.15) is 6.04 Å². The molecule has 3 unspecified atom stereocenters. The quantitative estimate of drug-likeness (QED) is 0.214. The van der Waals surface area contributed by atoms with E-state index in [-0.39, 0.29) is 30.4 Å². The summed E-state index contributed by atoms with van der Waals surface area (Å²) in [5.74, 6) is -1.67.